The van der Waals surface area contributed by atoms with Gasteiger partial charge in [0.1, 0.15) is 0 Å². The Morgan fingerprint density at radius 1 is 1.35 bits per heavy atom. The fourth-order valence-electron chi connectivity index (χ4n) is 1.95. The molecule has 0 saturated carbocycles. The normalized spacial score (nSPS) is 17.5. The Balaban J connectivity index is 1.94. The zero-order valence-corrected chi connectivity index (χ0v) is 10.8. The Hall–Kier alpha value is -0.870. The van der Waals surface area contributed by atoms with Crippen LogP contribution in [0.3, 0.4) is 0 Å². The zero-order chi connectivity index (χ0) is 12.3. The molecular weight excluding hydrogens is 216 g/mol. The maximum Gasteiger partial charge on any atom is 0.330 e. The van der Waals surface area contributed by atoms with E-state index in [1.165, 1.54) is 38.4 Å². The van der Waals surface area contributed by atoms with Crippen LogP contribution in [0, 0.1) is 0 Å². The molecule has 1 rings (SSSR count). The van der Waals surface area contributed by atoms with Gasteiger partial charge in [-0.3, -0.25) is 0 Å². The standard InChI is InChI=1S/C13H24N2O2/c1-2-17-13(16)7-6-8-14-9-12-15-10-4-3-5-11-15/h6-7,14H,2-5,8-12H2,1H3/b7-6+. The zero-order valence-electron chi connectivity index (χ0n) is 10.8. The number of esters is 1. The molecule has 1 heterocycles. The van der Waals surface area contributed by atoms with E-state index in [4.69, 9.17) is 4.74 Å². The van der Waals surface area contributed by atoms with E-state index in [2.05, 4.69) is 10.2 Å². The highest BCUT2D eigenvalue weighted by atomic mass is 16.5. The molecule has 1 aliphatic rings. The molecule has 1 aliphatic heterocycles. The summed E-state index contributed by atoms with van der Waals surface area (Å²) in [6.07, 6.45) is 7.35. The Bertz CT molecular complexity index is 236. The predicted octanol–water partition coefficient (Wildman–Crippen LogP) is 1.18. The van der Waals surface area contributed by atoms with Gasteiger partial charge < -0.3 is 15.0 Å². The second-order valence-corrected chi connectivity index (χ2v) is 4.26. The van der Waals surface area contributed by atoms with Gasteiger partial charge >= 0.3 is 5.97 Å². The van der Waals surface area contributed by atoms with E-state index in [0.717, 1.165) is 19.6 Å². The van der Waals surface area contributed by atoms with Crippen molar-refractivity contribution in [2.45, 2.75) is 26.2 Å². The number of rotatable bonds is 7. The largest absolute Gasteiger partial charge is 0.463 e. The molecule has 98 valence electrons. The van der Waals surface area contributed by atoms with Gasteiger partial charge in [-0.2, -0.15) is 0 Å². The Kier molecular flexibility index (Phi) is 7.67. The van der Waals surface area contributed by atoms with E-state index < -0.39 is 0 Å². The van der Waals surface area contributed by atoms with Gasteiger partial charge in [0.15, 0.2) is 0 Å². The highest BCUT2D eigenvalue weighted by Crippen LogP contribution is 2.07. The molecule has 0 aromatic rings. The molecular formula is C13H24N2O2. The molecule has 1 N–H and O–H groups in total. The molecule has 0 aliphatic carbocycles. The fourth-order valence-corrected chi connectivity index (χ4v) is 1.95. The number of nitrogens with zero attached hydrogens (tertiary/aromatic N) is 1. The number of hydrogen-bond acceptors (Lipinski definition) is 4. The van der Waals surface area contributed by atoms with Crippen LogP contribution in [0.5, 0.6) is 0 Å². The monoisotopic (exact) mass is 240 g/mol. The van der Waals surface area contributed by atoms with Gasteiger partial charge in [-0.15, -0.1) is 0 Å². The minimum Gasteiger partial charge on any atom is -0.463 e. The van der Waals surface area contributed by atoms with Crippen LogP contribution < -0.4 is 5.32 Å². The summed E-state index contributed by atoms with van der Waals surface area (Å²) in [4.78, 5) is 13.5. The average molecular weight is 240 g/mol. The molecule has 1 saturated heterocycles. The lowest BCUT2D eigenvalue weighted by molar-refractivity contribution is -0.137. The van der Waals surface area contributed by atoms with Crippen LogP contribution >= 0.6 is 0 Å². The maximum absolute atomic E-state index is 11.0. The third-order valence-corrected chi connectivity index (χ3v) is 2.86. The highest BCUT2D eigenvalue weighted by molar-refractivity contribution is 5.81. The molecule has 0 atom stereocenters. The van der Waals surface area contributed by atoms with Crippen LogP contribution in [-0.4, -0.2) is 50.2 Å². The molecule has 0 aromatic carbocycles. The van der Waals surface area contributed by atoms with Gasteiger partial charge in [0.05, 0.1) is 6.61 Å². The lowest BCUT2D eigenvalue weighted by Gasteiger charge is -2.26. The summed E-state index contributed by atoms with van der Waals surface area (Å²) in [6, 6.07) is 0. The van der Waals surface area contributed by atoms with Crippen molar-refractivity contribution in [2.75, 3.05) is 39.3 Å². The van der Waals surface area contributed by atoms with E-state index in [-0.39, 0.29) is 5.97 Å². The number of carbonyl (C=O) groups excluding carboxylic acids is 1. The average Bonchev–Trinajstić information content (AvgIpc) is 2.35. The van der Waals surface area contributed by atoms with Gasteiger partial charge in [0.2, 0.25) is 0 Å². The third kappa shape index (κ3) is 7.13. The summed E-state index contributed by atoms with van der Waals surface area (Å²) in [5, 5.41) is 3.29. The molecule has 17 heavy (non-hydrogen) atoms. The second-order valence-electron chi connectivity index (χ2n) is 4.26. The molecule has 0 bridgehead atoms. The summed E-state index contributed by atoms with van der Waals surface area (Å²) in [5.74, 6) is -0.259. The quantitative estimate of drug-likeness (QED) is 0.412. The number of nitrogens with one attached hydrogen (secondary N) is 1. The van der Waals surface area contributed by atoms with E-state index in [9.17, 15) is 4.79 Å². The van der Waals surface area contributed by atoms with Crippen LogP contribution in [0.4, 0.5) is 0 Å². The number of hydrogen-bond donors (Lipinski definition) is 1. The Labute approximate surface area is 104 Å². The first-order valence-electron chi connectivity index (χ1n) is 6.59. The molecule has 4 heteroatoms. The van der Waals surface area contributed by atoms with Crippen molar-refractivity contribution in [1.29, 1.82) is 0 Å². The lowest BCUT2D eigenvalue weighted by atomic mass is 10.1. The summed E-state index contributed by atoms with van der Waals surface area (Å²) in [6.45, 7) is 7.53. The third-order valence-electron chi connectivity index (χ3n) is 2.86. The molecule has 0 spiro atoms. The maximum atomic E-state index is 11.0. The van der Waals surface area contributed by atoms with Crippen molar-refractivity contribution in [3.05, 3.63) is 12.2 Å². The number of piperidine rings is 1. The molecule has 4 nitrogen and oxygen atoms in total. The van der Waals surface area contributed by atoms with Gasteiger partial charge in [0, 0.05) is 25.7 Å². The van der Waals surface area contributed by atoms with Gasteiger partial charge in [0.25, 0.3) is 0 Å². The Morgan fingerprint density at radius 2 is 2.12 bits per heavy atom. The van der Waals surface area contributed by atoms with Crippen molar-refractivity contribution in [1.82, 2.24) is 10.2 Å². The first-order chi connectivity index (χ1) is 8.33. The summed E-state index contributed by atoms with van der Waals surface area (Å²) in [7, 11) is 0. The first-order valence-corrected chi connectivity index (χ1v) is 6.59. The van der Waals surface area contributed by atoms with Crippen LogP contribution in [-0.2, 0) is 9.53 Å². The van der Waals surface area contributed by atoms with Crippen molar-refractivity contribution >= 4 is 5.97 Å². The van der Waals surface area contributed by atoms with E-state index in [1.807, 2.05) is 13.0 Å². The molecule has 0 aromatic heterocycles. The fraction of sp³-hybridized carbons (Fsp3) is 0.769. The van der Waals surface area contributed by atoms with Crippen LogP contribution in [0.15, 0.2) is 12.2 Å². The second kappa shape index (κ2) is 9.19. The molecule has 1 fully saturated rings. The molecule has 0 unspecified atom stereocenters. The number of likely N-dealkylation sites (tertiary alicyclic amines) is 1. The molecule has 0 radical (unpaired) electrons. The SMILES string of the molecule is CCOC(=O)/C=C/CNCCN1CCCCC1. The Morgan fingerprint density at radius 3 is 2.82 bits per heavy atom. The minimum absolute atomic E-state index is 0.259. The number of carbonyl (C=O) groups is 1. The van der Waals surface area contributed by atoms with Crippen LogP contribution in [0.1, 0.15) is 26.2 Å². The van der Waals surface area contributed by atoms with Gasteiger partial charge in [-0.1, -0.05) is 12.5 Å². The summed E-state index contributed by atoms with van der Waals surface area (Å²) >= 11 is 0. The van der Waals surface area contributed by atoms with Crippen molar-refractivity contribution in [2.24, 2.45) is 0 Å². The van der Waals surface area contributed by atoms with Gasteiger partial charge in [-0.05, 0) is 32.9 Å². The summed E-state index contributed by atoms with van der Waals surface area (Å²) < 4.78 is 4.78. The summed E-state index contributed by atoms with van der Waals surface area (Å²) in [5.41, 5.74) is 0. The van der Waals surface area contributed by atoms with Crippen LogP contribution in [0.2, 0.25) is 0 Å². The van der Waals surface area contributed by atoms with Crippen molar-refractivity contribution in [3.63, 3.8) is 0 Å². The lowest BCUT2D eigenvalue weighted by Crippen LogP contribution is -2.35. The predicted molar refractivity (Wildman–Crippen MR) is 68.9 cm³/mol. The molecule has 0 amide bonds. The van der Waals surface area contributed by atoms with Crippen molar-refractivity contribution in [3.8, 4) is 0 Å². The van der Waals surface area contributed by atoms with Crippen molar-refractivity contribution < 1.29 is 9.53 Å². The van der Waals surface area contributed by atoms with Crippen LogP contribution in [0.25, 0.3) is 0 Å². The highest BCUT2D eigenvalue weighted by Gasteiger charge is 2.08. The minimum atomic E-state index is -0.259. The topological polar surface area (TPSA) is 41.6 Å². The van der Waals surface area contributed by atoms with Gasteiger partial charge in [-0.25, -0.2) is 4.79 Å². The van der Waals surface area contributed by atoms with E-state index in [1.54, 1.807) is 0 Å². The number of ether oxygens (including phenoxy) is 1. The van der Waals surface area contributed by atoms with E-state index in [0.29, 0.717) is 6.61 Å². The van der Waals surface area contributed by atoms with E-state index >= 15 is 0 Å². The first kappa shape index (κ1) is 14.2. The smallest absolute Gasteiger partial charge is 0.330 e.